The normalized spacial score (nSPS) is 12.2. The average Bonchev–Trinajstić information content (AvgIpc) is 2.36. The second kappa shape index (κ2) is 6.87. The molecule has 1 unspecified atom stereocenters. The third-order valence-corrected chi connectivity index (χ3v) is 2.87. The molecule has 0 fully saturated rings. The summed E-state index contributed by atoms with van der Waals surface area (Å²) in [6, 6.07) is 7.70. The number of hydrogen-bond donors (Lipinski definition) is 2. The molecule has 0 saturated heterocycles. The smallest absolute Gasteiger partial charge is 0.101 e. The minimum Gasteiger partial charge on any atom is -0.396 e. The van der Waals surface area contributed by atoms with Gasteiger partial charge in [0, 0.05) is 6.61 Å². The van der Waals surface area contributed by atoms with Gasteiger partial charge < -0.3 is 15.8 Å². The maximum absolute atomic E-state index is 8.95. The molecule has 1 aromatic carbocycles. The number of nitrogens with zero attached hydrogens (tertiary/aromatic N) is 1. The van der Waals surface area contributed by atoms with Crippen molar-refractivity contribution in [2.45, 2.75) is 26.8 Å². The second-order valence-electron chi connectivity index (χ2n) is 4.53. The molecule has 1 aromatic rings. The Balaban J connectivity index is 2.84. The van der Waals surface area contributed by atoms with Gasteiger partial charge in [0.15, 0.2) is 0 Å². The molecule has 0 aliphatic carbocycles. The molecule has 1 rings (SSSR count). The molecule has 3 N–H and O–H groups in total. The Labute approximate surface area is 109 Å². The zero-order valence-corrected chi connectivity index (χ0v) is 11.2. The van der Waals surface area contributed by atoms with Gasteiger partial charge in [-0.25, -0.2) is 0 Å². The van der Waals surface area contributed by atoms with Crippen molar-refractivity contribution in [1.82, 2.24) is 0 Å². The largest absolute Gasteiger partial charge is 0.396 e. The molecule has 0 radical (unpaired) electrons. The van der Waals surface area contributed by atoms with E-state index in [9.17, 15) is 0 Å². The van der Waals surface area contributed by atoms with Gasteiger partial charge in [-0.05, 0) is 25.0 Å². The van der Waals surface area contributed by atoms with Gasteiger partial charge in [-0.1, -0.05) is 19.9 Å². The molecule has 4 nitrogen and oxygen atoms in total. The van der Waals surface area contributed by atoms with Crippen LogP contribution in [-0.2, 0) is 4.74 Å². The van der Waals surface area contributed by atoms with Gasteiger partial charge in [0.25, 0.3) is 0 Å². The molecule has 0 aliphatic heterocycles. The Morgan fingerprint density at radius 2 is 2.17 bits per heavy atom. The Morgan fingerprint density at radius 3 is 2.72 bits per heavy atom. The summed E-state index contributed by atoms with van der Waals surface area (Å²) in [6.45, 7) is 7.55. The molecule has 0 spiro atoms. The van der Waals surface area contributed by atoms with Gasteiger partial charge in [-0.2, -0.15) is 5.26 Å². The Morgan fingerprint density at radius 1 is 1.44 bits per heavy atom. The van der Waals surface area contributed by atoms with Crippen molar-refractivity contribution in [2.75, 3.05) is 24.3 Å². The highest BCUT2D eigenvalue weighted by Gasteiger charge is 2.15. The quantitative estimate of drug-likeness (QED) is 0.758. The van der Waals surface area contributed by atoms with Crippen molar-refractivity contribution in [3.8, 4) is 6.07 Å². The van der Waals surface area contributed by atoms with Crippen LogP contribution in [0.3, 0.4) is 0 Å². The number of nitriles is 1. The van der Waals surface area contributed by atoms with Gasteiger partial charge in [0.2, 0.25) is 0 Å². The van der Waals surface area contributed by atoms with Crippen LogP contribution in [0.2, 0.25) is 0 Å². The molecule has 0 bridgehead atoms. The standard InChI is InChI=1S/C14H21N3O/c1-4-18-9-13(10(2)3)17-12-7-5-6-11(8-15)14(12)16/h5-7,10,13,17H,4,9,16H2,1-3H3. The van der Waals surface area contributed by atoms with Crippen molar-refractivity contribution in [2.24, 2.45) is 5.92 Å². The summed E-state index contributed by atoms with van der Waals surface area (Å²) < 4.78 is 5.46. The number of benzene rings is 1. The zero-order valence-electron chi connectivity index (χ0n) is 11.2. The van der Waals surface area contributed by atoms with Crippen LogP contribution in [0.4, 0.5) is 11.4 Å². The van der Waals surface area contributed by atoms with Gasteiger partial charge in [0.05, 0.1) is 29.6 Å². The van der Waals surface area contributed by atoms with Gasteiger partial charge >= 0.3 is 0 Å². The lowest BCUT2D eigenvalue weighted by molar-refractivity contribution is 0.127. The van der Waals surface area contributed by atoms with Crippen LogP contribution in [0.15, 0.2) is 18.2 Å². The molecule has 4 heteroatoms. The van der Waals surface area contributed by atoms with Crippen molar-refractivity contribution in [3.63, 3.8) is 0 Å². The van der Waals surface area contributed by atoms with E-state index in [-0.39, 0.29) is 6.04 Å². The van der Waals surface area contributed by atoms with E-state index in [1.165, 1.54) is 0 Å². The predicted octanol–water partition coefficient (Wildman–Crippen LogP) is 2.61. The monoisotopic (exact) mass is 247 g/mol. The summed E-state index contributed by atoms with van der Waals surface area (Å²) in [5.74, 6) is 0.418. The van der Waals surface area contributed by atoms with E-state index < -0.39 is 0 Å². The fourth-order valence-electron chi connectivity index (χ4n) is 1.63. The summed E-state index contributed by atoms with van der Waals surface area (Å²) in [4.78, 5) is 0. The molecule has 0 saturated carbocycles. The number of ether oxygens (including phenoxy) is 1. The van der Waals surface area contributed by atoms with Crippen molar-refractivity contribution in [3.05, 3.63) is 23.8 Å². The first kappa shape index (κ1) is 14.3. The number of anilines is 2. The molecule has 98 valence electrons. The maximum atomic E-state index is 8.95. The summed E-state index contributed by atoms with van der Waals surface area (Å²) in [5.41, 5.74) is 7.74. The average molecular weight is 247 g/mol. The van der Waals surface area contributed by atoms with Crippen LogP contribution in [-0.4, -0.2) is 19.3 Å². The lowest BCUT2D eigenvalue weighted by atomic mass is 10.0. The second-order valence-corrected chi connectivity index (χ2v) is 4.53. The van der Waals surface area contributed by atoms with E-state index in [1.807, 2.05) is 19.1 Å². The molecule has 18 heavy (non-hydrogen) atoms. The minimum absolute atomic E-state index is 0.182. The fraction of sp³-hybridized carbons (Fsp3) is 0.500. The highest BCUT2D eigenvalue weighted by atomic mass is 16.5. The molecular weight excluding hydrogens is 226 g/mol. The number of nitrogen functional groups attached to an aromatic ring is 1. The fourth-order valence-corrected chi connectivity index (χ4v) is 1.63. The van der Waals surface area contributed by atoms with E-state index in [4.69, 9.17) is 15.7 Å². The van der Waals surface area contributed by atoms with E-state index in [0.29, 0.717) is 30.4 Å². The van der Waals surface area contributed by atoms with Gasteiger partial charge in [-0.3, -0.25) is 0 Å². The van der Waals surface area contributed by atoms with Gasteiger partial charge in [-0.15, -0.1) is 0 Å². The molecule has 1 atom stereocenters. The summed E-state index contributed by atoms with van der Waals surface area (Å²) in [6.07, 6.45) is 0. The molecule has 0 amide bonds. The van der Waals surface area contributed by atoms with Gasteiger partial charge in [0.1, 0.15) is 6.07 Å². The third-order valence-electron chi connectivity index (χ3n) is 2.87. The van der Waals surface area contributed by atoms with E-state index in [1.54, 1.807) is 6.07 Å². The van der Waals surface area contributed by atoms with E-state index in [0.717, 1.165) is 5.69 Å². The number of hydrogen-bond acceptors (Lipinski definition) is 4. The number of nitrogens with one attached hydrogen (secondary N) is 1. The van der Waals surface area contributed by atoms with Crippen molar-refractivity contribution in [1.29, 1.82) is 5.26 Å². The van der Waals surface area contributed by atoms with Crippen LogP contribution in [0, 0.1) is 17.2 Å². The van der Waals surface area contributed by atoms with Crippen LogP contribution in [0.25, 0.3) is 0 Å². The first-order valence-corrected chi connectivity index (χ1v) is 6.23. The summed E-state index contributed by atoms with van der Waals surface area (Å²) in [7, 11) is 0. The number of para-hydroxylation sites is 1. The molecule has 0 heterocycles. The van der Waals surface area contributed by atoms with E-state index >= 15 is 0 Å². The highest BCUT2D eigenvalue weighted by molar-refractivity contribution is 5.73. The van der Waals surface area contributed by atoms with Crippen molar-refractivity contribution >= 4 is 11.4 Å². The Hall–Kier alpha value is -1.73. The Kier molecular flexibility index (Phi) is 5.47. The molecule has 0 aromatic heterocycles. The minimum atomic E-state index is 0.182. The highest BCUT2D eigenvalue weighted by Crippen LogP contribution is 2.24. The SMILES string of the molecule is CCOCC(Nc1cccc(C#N)c1N)C(C)C. The van der Waals surface area contributed by atoms with Crippen LogP contribution in [0.1, 0.15) is 26.3 Å². The molecule has 0 aliphatic rings. The first-order chi connectivity index (χ1) is 8.60. The summed E-state index contributed by atoms with van der Waals surface area (Å²) >= 11 is 0. The van der Waals surface area contributed by atoms with Crippen LogP contribution in [0.5, 0.6) is 0 Å². The lowest BCUT2D eigenvalue weighted by Crippen LogP contribution is -2.31. The van der Waals surface area contributed by atoms with Crippen molar-refractivity contribution < 1.29 is 4.74 Å². The summed E-state index contributed by atoms with van der Waals surface area (Å²) in [5, 5.41) is 12.3. The zero-order chi connectivity index (χ0) is 13.5. The topological polar surface area (TPSA) is 71.1 Å². The first-order valence-electron chi connectivity index (χ1n) is 6.23. The third kappa shape index (κ3) is 3.64. The van der Waals surface area contributed by atoms with Crippen LogP contribution >= 0.6 is 0 Å². The lowest BCUT2D eigenvalue weighted by Gasteiger charge is -2.24. The maximum Gasteiger partial charge on any atom is 0.101 e. The molecular formula is C14H21N3O. The van der Waals surface area contributed by atoms with Crippen LogP contribution < -0.4 is 11.1 Å². The number of nitrogens with two attached hydrogens (primary N) is 1. The number of rotatable bonds is 6. The van der Waals surface area contributed by atoms with E-state index in [2.05, 4.69) is 25.2 Å². The predicted molar refractivity (Wildman–Crippen MR) is 74.3 cm³/mol. The Bertz CT molecular complexity index is 424.